The Kier molecular flexibility index (Phi) is 2.13. The van der Waals surface area contributed by atoms with E-state index in [1.807, 2.05) is 24.3 Å². The van der Waals surface area contributed by atoms with Gasteiger partial charge < -0.3 is 14.6 Å². The largest absolute Gasteiger partial charge is 0.508 e. The molecule has 2 heterocycles. The molecule has 0 aliphatic heterocycles. The van der Waals surface area contributed by atoms with Gasteiger partial charge in [0.1, 0.15) is 11.5 Å². The van der Waals surface area contributed by atoms with Gasteiger partial charge in [-0.05, 0) is 53.2 Å². The lowest BCUT2D eigenvalue weighted by Crippen LogP contribution is -1.81. The number of nitrogens with zero attached hydrogens (tertiary/aromatic N) is 1. The summed E-state index contributed by atoms with van der Waals surface area (Å²) < 4.78 is 2.22. The number of phenols is 2. The fraction of sp³-hybridized carbons (Fsp3) is 0. The zero-order chi connectivity index (χ0) is 16.7. The van der Waals surface area contributed by atoms with Crippen molar-refractivity contribution in [2.75, 3.05) is 0 Å². The fourth-order valence-corrected chi connectivity index (χ4v) is 4.22. The Labute approximate surface area is 142 Å². The number of aromatic nitrogens is 1. The van der Waals surface area contributed by atoms with Crippen molar-refractivity contribution in [3.8, 4) is 11.5 Å². The van der Waals surface area contributed by atoms with E-state index in [-0.39, 0.29) is 5.75 Å². The molecule has 0 aliphatic carbocycles. The van der Waals surface area contributed by atoms with Gasteiger partial charge in [0.05, 0.1) is 21.9 Å². The predicted octanol–water partition coefficient (Wildman–Crippen LogP) is 5.40. The normalized spacial score (nSPS) is 12.3. The van der Waals surface area contributed by atoms with Gasteiger partial charge in [-0.1, -0.05) is 24.3 Å². The van der Waals surface area contributed by atoms with Gasteiger partial charge in [0.15, 0.2) is 0 Å². The van der Waals surface area contributed by atoms with Crippen molar-refractivity contribution in [1.29, 1.82) is 0 Å². The molecule has 3 nitrogen and oxygen atoms in total. The van der Waals surface area contributed by atoms with Crippen LogP contribution >= 0.6 is 0 Å². The van der Waals surface area contributed by atoms with E-state index in [1.165, 1.54) is 0 Å². The zero-order valence-corrected chi connectivity index (χ0v) is 13.2. The molecule has 0 radical (unpaired) electrons. The zero-order valence-electron chi connectivity index (χ0n) is 13.2. The third kappa shape index (κ3) is 1.46. The summed E-state index contributed by atoms with van der Waals surface area (Å²) in [6.07, 6.45) is 0. The Morgan fingerprint density at radius 2 is 1.52 bits per heavy atom. The molecule has 0 bridgehead atoms. The van der Waals surface area contributed by atoms with Crippen LogP contribution in [0.15, 0.2) is 66.7 Å². The fourth-order valence-electron chi connectivity index (χ4n) is 4.22. The van der Waals surface area contributed by atoms with Crippen molar-refractivity contribution >= 4 is 48.9 Å². The summed E-state index contributed by atoms with van der Waals surface area (Å²) in [5.74, 6) is 0.576. The highest BCUT2D eigenvalue weighted by atomic mass is 16.3. The van der Waals surface area contributed by atoms with Crippen LogP contribution < -0.4 is 0 Å². The van der Waals surface area contributed by atoms with Crippen LogP contribution in [-0.2, 0) is 0 Å². The van der Waals surface area contributed by atoms with Gasteiger partial charge in [-0.2, -0.15) is 0 Å². The number of fused-ring (bicyclic) bond motifs is 7. The topological polar surface area (TPSA) is 44.9 Å². The Bertz CT molecular complexity index is 1460. The SMILES string of the molecule is Oc1ccc2cc3c4ccc(O)c5c6ccccc6n(c3cc2c1)c45. The minimum atomic E-state index is 0.267. The molecular formula is C22H13NO2. The predicted molar refractivity (Wildman–Crippen MR) is 102 cm³/mol. The van der Waals surface area contributed by atoms with Crippen molar-refractivity contribution in [2.24, 2.45) is 0 Å². The molecule has 2 N–H and O–H groups in total. The molecule has 0 aliphatic rings. The lowest BCUT2D eigenvalue weighted by Gasteiger charge is -2.02. The molecule has 2 aromatic heterocycles. The molecule has 0 spiro atoms. The van der Waals surface area contributed by atoms with Gasteiger partial charge in [0.25, 0.3) is 0 Å². The van der Waals surface area contributed by atoms with E-state index in [1.54, 1.807) is 18.2 Å². The van der Waals surface area contributed by atoms with Gasteiger partial charge in [-0.15, -0.1) is 0 Å². The number of rotatable bonds is 0. The number of hydrogen-bond donors (Lipinski definition) is 2. The van der Waals surface area contributed by atoms with E-state index in [9.17, 15) is 10.2 Å². The molecule has 0 atom stereocenters. The molecule has 0 unspecified atom stereocenters. The van der Waals surface area contributed by atoms with Crippen LogP contribution in [0, 0.1) is 0 Å². The second-order valence-electron chi connectivity index (χ2n) is 6.61. The molecule has 6 rings (SSSR count). The van der Waals surface area contributed by atoms with Crippen LogP contribution in [0.2, 0.25) is 0 Å². The second-order valence-corrected chi connectivity index (χ2v) is 6.61. The Hall–Kier alpha value is -3.46. The van der Waals surface area contributed by atoms with E-state index in [4.69, 9.17) is 0 Å². The van der Waals surface area contributed by atoms with Crippen molar-refractivity contribution in [3.63, 3.8) is 0 Å². The van der Waals surface area contributed by atoms with Crippen LogP contribution in [0.1, 0.15) is 0 Å². The van der Waals surface area contributed by atoms with Crippen LogP contribution in [0.25, 0.3) is 48.9 Å². The molecule has 25 heavy (non-hydrogen) atoms. The van der Waals surface area contributed by atoms with E-state index in [0.29, 0.717) is 5.75 Å². The third-order valence-corrected chi connectivity index (χ3v) is 5.26. The van der Waals surface area contributed by atoms with Gasteiger partial charge in [0.2, 0.25) is 0 Å². The summed E-state index contributed by atoms with van der Waals surface area (Å²) in [7, 11) is 0. The smallest absolute Gasteiger partial charge is 0.125 e. The van der Waals surface area contributed by atoms with Crippen LogP contribution in [-0.4, -0.2) is 14.6 Å². The van der Waals surface area contributed by atoms with Crippen LogP contribution in [0.5, 0.6) is 11.5 Å². The average Bonchev–Trinajstić information content (AvgIpc) is 3.12. The summed E-state index contributed by atoms with van der Waals surface area (Å²) in [6, 6.07) is 21.7. The molecule has 0 saturated carbocycles. The number of phenolic OH excluding ortho intramolecular Hbond substituents is 2. The first-order valence-corrected chi connectivity index (χ1v) is 8.25. The van der Waals surface area contributed by atoms with E-state index in [0.717, 1.165) is 48.9 Å². The molecule has 6 aromatic rings. The van der Waals surface area contributed by atoms with Gasteiger partial charge in [-0.3, -0.25) is 0 Å². The van der Waals surface area contributed by atoms with Crippen LogP contribution in [0.3, 0.4) is 0 Å². The molecule has 4 aromatic carbocycles. The molecule has 118 valence electrons. The van der Waals surface area contributed by atoms with Crippen LogP contribution in [0.4, 0.5) is 0 Å². The Balaban J connectivity index is 2.00. The molecule has 3 heteroatoms. The monoisotopic (exact) mass is 323 g/mol. The molecule has 0 saturated heterocycles. The standard InChI is InChI=1S/C22H13NO2/c24-14-6-5-12-10-17-15-7-8-20(25)21-16-3-1-2-4-18(16)23(22(15)21)19(17)11-13(12)9-14/h1-11,24-25H. The average molecular weight is 323 g/mol. The Morgan fingerprint density at radius 3 is 2.44 bits per heavy atom. The maximum atomic E-state index is 10.5. The lowest BCUT2D eigenvalue weighted by atomic mass is 10.0. The van der Waals surface area contributed by atoms with Crippen molar-refractivity contribution < 1.29 is 10.2 Å². The number of hydrogen-bond acceptors (Lipinski definition) is 2. The molecule has 0 fully saturated rings. The van der Waals surface area contributed by atoms with Gasteiger partial charge >= 0.3 is 0 Å². The maximum absolute atomic E-state index is 10.5. The van der Waals surface area contributed by atoms with E-state index >= 15 is 0 Å². The lowest BCUT2D eigenvalue weighted by molar-refractivity contribution is 0.476. The summed E-state index contributed by atoms with van der Waals surface area (Å²) in [5, 5.41) is 26.7. The summed E-state index contributed by atoms with van der Waals surface area (Å²) in [6.45, 7) is 0. The minimum Gasteiger partial charge on any atom is -0.508 e. The first kappa shape index (κ1) is 12.9. The van der Waals surface area contributed by atoms with Crippen molar-refractivity contribution in [3.05, 3.63) is 66.7 Å². The summed E-state index contributed by atoms with van der Waals surface area (Å²) >= 11 is 0. The highest BCUT2D eigenvalue weighted by Crippen LogP contribution is 2.43. The van der Waals surface area contributed by atoms with E-state index in [2.05, 4.69) is 28.7 Å². The highest BCUT2D eigenvalue weighted by Gasteiger charge is 2.19. The third-order valence-electron chi connectivity index (χ3n) is 5.26. The summed E-state index contributed by atoms with van der Waals surface area (Å²) in [5.41, 5.74) is 3.22. The highest BCUT2D eigenvalue weighted by molar-refractivity contribution is 6.26. The maximum Gasteiger partial charge on any atom is 0.125 e. The van der Waals surface area contributed by atoms with Gasteiger partial charge in [0, 0.05) is 16.2 Å². The van der Waals surface area contributed by atoms with E-state index < -0.39 is 0 Å². The molecular weight excluding hydrogens is 310 g/mol. The minimum absolute atomic E-state index is 0.267. The van der Waals surface area contributed by atoms with Gasteiger partial charge in [-0.25, -0.2) is 0 Å². The second kappa shape index (κ2) is 4.14. The quantitative estimate of drug-likeness (QED) is 0.393. The van der Waals surface area contributed by atoms with Crippen molar-refractivity contribution in [2.45, 2.75) is 0 Å². The Morgan fingerprint density at radius 1 is 0.640 bits per heavy atom. The number of benzene rings is 4. The van der Waals surface area contributed by atoms with Crippen molar-refractivity contribution in [1.82, 2.24) is 4.40 Å². The number of aromatic hydroxyl groups is 2. The molecule has 0 amide bonds. The first-order valence-electron chi connectivity index (χ1n) is 8.25. The summed E-state index contributed by atoms with van der Waals surface area (Å²) in [4.78, 5) is 0. The first-order chi connectivity index (χ1) is 12.2. The number of para-hydroxylation sites is 1.